The molecule has 1 nitrogen and oxygen atoms in total. The predicted molar refractivity (Wildman–Crippen MR) is 106 cm³/mol. The molecule has 3 heteroatoms. The Balaban J connectivity index is 0. The summed E-state index contributed by atoms with van der Waals surface area (Å²) in [4.78, 5) is 0. The van der Waals surface area contributed by atoms with Gasteiger partial charge in [-0.05, 0) is 38.5 Å². The molecule has 23 heavy (non-hydrogen) atoms. The van der Waals surface area contributed by atoms with Gasteiger partial charge in [-0.1, -0.05) is 75.2 Å². The zero-order valence-corrected chi connectivity index (χ0v) is 19.4. The molecule has 0 aromatic heterocycles. The van der Waals surface area contributed by atoms with Crippen LogP contribution in [0.4, 0.5) is 0 Å². The van der Waals surface area contributed by atoms with Crippen molar-refractivity contribution in [2.24, 2.45) is 0 Å². The predicted octanol–water partition coefficient (Wildman–Crippen LogP) is 3.94. The number of nitrogens with zero attached hydrogens (tertiary/aromatic N) is 1. The molecule has 0 rings (SSSR count). The van der Waals surface area contributed by atoms with E-state index in [2.05, 4.69) is 36.7 Å². The quantitative estimate of drug-likeness (QED) is 0.176. The van der Waals surface area contributed by atoms with Gasteiger partial charge in [-0.3, -0.25) is 0 Å². The summed E-state index contributed by atoms with van der Waals surface area (Å²) >= 11 is 3.53. The molecule has 0 atom stereocenters. The zero-order chi connectivity index (χ0) is 16.5. The molecule has 0 spiro atoms. The lowest BCUT2D eigenvalue weighted by Crippen LogP contribution is -3.00. The van der Waals surface area contributed by atoms with Gasteiger partial charge in [0.1, 0.15) is 0 Å². The van der Waals surface area contributed by atoms with Crippen LogP contribution in [-0.2, 0) is 0 Å². The molecule has 0 heterocycles. The van der Waals surface area contributed by atoms with E-state index in [9.17, 15) is 0 Å². The smallest absolute Gasteiger partial charge is 0.0786 e. The fourth-order valence-electron chi connectivity index (χ4n) is 3.40. The van der Waals surface area contributed by atoms with E-state index in [1.807, 2.05) is 0 Å². The molecule has 0 fully saturated rings. The van der Waals surface area contributed by atoms with Crippen molar-refractivity contribution < 1.29 is 21.5 Å². The average molecular weight is 457 g/mol. The topological polar surface area (TPSA) is 0 Å². The van der Waals surface area contributed by atoms with Crippen LogP contribution in [0.3, 0.4) is 0 Å². The zero-order valence-electron chi connectivity index (χ0n) is 16.2. The van der Waals surface area contributed by atoms with Crippen molar-refractivity contribution in [3.05, 3.63) is 0 Å². The van der Waals surface area contributed by atoms with Gasteiger partial charge >= 0.3 is 0 Å². The first kappa shape index (κ1) is 26.2. The molecule has 0 bridgehead atoms. The molecule has 0 saturated heterocycles. The van der Waals surface area contributed by atoms with E-state index < -0.39 is 0 Å². The van der Waals surface area contributed by atoms with Gasteiger partial charge in [0.05, 0.1) is 26.2 Å². The summed E-state index contributed by atoms with van der Waals surface area (Å²) in [6, 6.07) is 0. The minimum absolute atomic E-state index is 0. The molecule has 0 aliphatic rings. The number of hydrogen-bond donors (Lipinski definition) is 0. The standard InChI is InChI=1S/C20H43BrN.BrH/c1-4-7-17-22(18-8-5-2,19-9-6-3)20-15-13-11-10-12-14-16-21;/h4-20H2,1-3H3;1H/q+1;/p-1. The van der Waals surface area contributed by atoms with Crippen LogP contribution in [0.1, 0.15) is 97.8 Å². The Morgan fingerprint density at radius 1 is 0.522 bits per heavy atom. The molecule has 0 saturated carbocycles. The second-order valence-corrected chi connectivity index (χ2v) is 7.90. The lowest BCUT2D eigenvalue weighted by atomic mass is 10.1. The van der Waals surface area contributed by atoms with Crippen molar-refractivity contribution >= 4 is 15.9 Å². The lowest BCUT2D eigenvalue weighted by Gasteiger charge is -2.39. The molecule has 0 unspecified atom stereocenters. The van der Waals surface area contributed by atoms with E-state index in [0.29, 0.717) is 0 Å². The fourth-order valence-corrected chi connectivity index (χ4v) is 3.80. The molecule has 0 amide bonds. The van der Waals surface area contributed by atoms with E-state index in [1.165, 1.54) is 113 Å². The van der Waals surface area contributed by atoms with Crippen molar-refractivity contribution in [1.29, 1.82) is 0 Å². The maximum atomic E-state index is 3.53. The third-order valence-corrected chi connectivity index (χ3v) is 5.53. The molecule has 0 aliphatic carbocycles. The summed E-state index contributed by atoms with van der Waals surface area (Å²) in [5.74, 6) is 0. The Bertz CT molecular complexity index is 200. The van der Waals surface area contributed by atoms with Gasteiger partial charge < -0.3 is 21.5 Å². The highest BCUT2D eigenvalue weighted by Gasteiger charge is 2.24. The lowest BCUT2D eigenvalue weighted by molar-refractivity contribution is -0.929. The van der Waals surface area contributed by atoms with Crippen LogP contribution in [0.25, 0.3) is 0 Å². The maximum absolute atomic E-state index is 3.53. The van der Waals surface area contributed by atoms with Crippen LogP contribution >= 0.6 is 15.9 Å². The van der Waals surface area contributed by atoms with Crippen LogP contribution < -0.4 is 17.0 Å². The Kier molecular flexibility index (Phi) is 21.9. The van der Waals surface area contributed by atoms with Crippen molar-refractivity contribution in [1.82, 2.24) is 0 Å². The van der Waals surface area contributed by atoms with Crippen LogP contribution in [0, 0.1) is 0 Å². The average Bonchev–Trinajstić information content (AvgIpc) is 2.55. The van der Waals surface area contributed by atoms with Crippen LogP contribution in [0.5, 0.6) is 0 Å². The molecule has 0 aromatic rings. The summed E-state index contributed by atoms with van der Waals surface area (Å²) < 4.78 is 1.43. The van der Waals surface area contributed by atoms with Gasteiger partial charge in [0.15, 0.2) is 0 Å². The van der Waals surface area contributed by atoms with Crippen molar-refractivity contribution in [3.8, 4) is 0 Å². The van der Waals surface area contributed by atoms with Gasteiger partial charge in [0.2, 0.25) is 0 Å². The molecule has 0 radical (unpaired) electrons. The maximum Gasteiger partial charge on any atom is 0.0786 e. The van der Waals surface area contributed by atoms with Gasteiger partial charge in [-0.25, -0.2) is 0 Å². The normalized spacial score (nSPS) is 11.5. The SMILES string of the molecule is CCCC[N+](CCCC)(CCCC)CCCCCCCCBr.[Br-]. The van der Waals surface area contributed by atoms with Gasteiger partial charge in [-0.2, -0.15) is 0 Å². The summed E-state index contributed by atoms with van der Waals surface area (Å²) in [7, 11) is 0. The summed E-state index contributed by atoms with van der Waals surface area (Å²) in [5, 5.41) is 1.18. The second-order valence-electron chi connectivity index (χ2n) is 7.11. The van der Waals surface area contributed by atoms with Crippen molar-refractivity contribution in [2.75, 3.05) is 31.5 Å². The van der Waals surface area contributed by atoms with E-state index in [0.717, 1.165) is 0 Å². The van der Waals surface area contributed by atoms with Crippen LogP contribution in [-0.4, -0.2) is 36.0 Å². The number of quaternary nitrogens is 1. The molecular formula is C20H43Br2N. The highest BCUT2D eigenvalue weighted by Crippen LogP contribution is 2.17. The third-order valence-electron chi connectivity index (χ3n) is 4.97. The first-order chi connectivity index (χ1) is 10.7. The Hall–Kier alpha value is 0.920. The minimum atomic E-state index is 0. The fraction of sp³-hybridized carbons (Fsp3) is 1.00. The number of alkyl halides is 1. The number of hydrogen-bond acceptors (Lipinski definition) is 0. The largest absolute Gasteiger partial charge is 1.00 e. The van der Waals surface area contributed by atoms with E-state index in [1.54, 1.807) is 0 Å². The highest BCUT2D eigenvalue weighted by atomic mass is 79.9. The summed E-state index contributed by atoms with van der Waals surface area (Å²) in [5.41, 5.74) is 0. The summed E-state index contributed by atoms with van der Waals surface area (Å²) in [6.07, 6.45) is 16.8. The van der Waals surface area contributed by atoms with Crippen molar-refractivity contribution in [2.45, 2.75) is 97.8 Å². The second kappa shape index (κ2) is 19.2. The highest BCUT2D eigenvalue weighted by molar-refractivity contribution is 9.09. The van der Waals surface area contributed by atoms with Crippen LogP contribution in [0.15, 0.2) is 0 Å². The van der Waals surface area contributed by atoms with E-state index in [4.69, 9.17) is 0 Å². The molecule has 0 aromatic carbocycles. The van der Waals surface area contributed by atoms with E-state index >= 15 is 0 Å². The first-order valence-corrected chi connectivity index (χ1v) is 11.3. The van der Waals surface area contributed by atoms with Gasteiger partial charge in [0, 0.05) is 5.33 Å². The summed E-state index contributed by atoms with van der Waals surface area (Å²) in [6.45, 7) is 12.8. The Morgan fingerprint density at radius 2 is 0.870 bits per heavy atom. The van der Waals surface area contributed by atoms with Gasteiger partial charge in [0.25, 0.3) is 0 Å². The number of halogens is 2. The number of unbranched alkanes of at least 4 members (excludes halogenated alkanes) is 8. The molecular weight excluding hydrogens is 414 g/mol. The molecule has 0 N–H and O–H groups in total. The van der Waals surface area contributed by atoms with E-state index in [-0.39, 0.29) is 17.0 Å². The third kappa shape index (κ3) is 14.9. The molecule has 0 aliphatic heterocycles. The van der Waals surface area contributed by atoms with Gasteiger partial charge in [-0.15, -0.1) is 0 Å². The Labute approximate surface area is 166 Å². The first-order valence-electron chi connectivity index (χ1n) is 10.2. The van der Waals surface area contributed by atoms with Crippen molar-refractivity contribution in [3.63, 3.8) is 0 Å². The molecule has 142 valence electrons. The van der Waals surface area contributed by atoms with Crippen LogP contribution in [0.2, 0.25) is 0 Å². The minimum Gasteiger partial charge on any atom is -1.00 e. The Morgan fingerprint density at radius 3 is 1.26 bits per heavy atom. The number of rotatable bonds is 17. The monoisotopic (exact) mass is 455 g/mol.